The SMILES string of the molecule is COc1ccc(OC)c(C(=O)COC(=O)CNC(=O)c2sc3ccccc3c2Cl)c1. The number of benzene rings is 2. The molecule has 0 saturated heterocycles. The normalized spacial score (nSPS) is 10.5. The number of rotatable bonds is 8. The lowest BCUT2D eigenvalue weighted by atomic mass is 10.1. The summed E-state index contributed by atoms with van der Waals surface area (Å²) in [5, 5.41) is 3.57. The van der Waals surface area contributed by atoms with Gasteiger partial charge in [-0.05, 0) is 24.3 Å². The number of esters is 1. The molecule has 2 aromatic carbocycles. The average molecular weight is 448 g/mol. The predicted molar refractivity (Wildman–Crippen MR) is 114 cm³/mol. The van der Waals surface area contributed by atoms with Gasteiger partial charge >= 0.3 is 5.97 Å². The van der Waals surface area contributed by atoms with Crippen LogP contribution in [-0.4, -0.2) is 45.0 Å². The molecule has 1 N–H and O–H groups in total. The molecular weight excluding hydrogens is 430 g/mol. The number of nitrogens with one attached hydrogen (secondary N) is 1. The number of amides is 1. The largest absolute Gasteiger partial charge is 0.497 e. The lowest BCUT2D eigenvalue weighted by Gasteiger charge is -2.10. The molecule has 0 fully saturated rings. The van der Waals surface area contributed by atoms with Crippen LogP contribution in [0.4, 0.5) is 0 Å². The van der Waals surface area contributed by atoms with Crippen molar-refractivity contribution in [2.45, 2.75) is 0 Å². The van der Waals surface area contributed by atoms with E-state index < -0.39 is 30.8 Å². The molecule has 3 rings (SSSR count). The van der Waals surface area contributed by atoms with Gasteiger partial charge in [-0.2, -0.15) is 0 Å². The molecule has 0 atom stereocenters. The van der Waals surface area contributed by atoms with Gasteiger partial charge in [0.05, 0.1) is 24.8 Å². The van der Waals surface area contributed by atoms with Gasteiger partial charge in [-0.3, -0.25) is 14.4 Å². The highest BCUT2D eigenvalue weighted by atomic mass is 35.5. The fourth-order valence-electron chi connectivity index (χ4n) is 2.70. The van der Waals surface area contributed by atoms with Gasteiger partial charge in [-0.25, -0.2) is 0 Å². The molecule has 0 bridgehead atoms. The molecule has 1 aromatic heterocycles. The molecule has 156 valence electrons. The third-order valence-corrected chi connectivity index (χ3v) is 5.88. The Kier molecular flexibility index (Phi) is 6.91. The average Bonchev–Trinajstić information content (AvgIpc) is 3.12. The number of ketones is 1. The summed E-state index contributed by atoms with van der Waals surface area (Å²) in [5.74, 6) is -0.893. The van der Waals surface area contributed by atoms with Crippen LogP contribution in [0.3, 0.4) is 0 Å². The van der Waals surface area contributed by atoms with Gasteiger partial charge in [0.15, 0.2) is 6.61 Å². The van der Waals surface area contributed by atoms with Crippen molar-refractivity contribution in [3.05, 3.63) is 57.9 Å². The van der Waals surface area contributed by atoms with Crippen molar-refractivity contribution in [3.8, 4) is 11.5 Å². The van der Waals surface area contributed by atoms with Crippen molar-refractivity contribution in [2.75, 3.05) is 27.4 Å². The fraction of sp³-hybridized carbons (Fsp3) is 0.190. The number of methoxy groups -OCH3 is 2. The van der Waals surface area contributed by atoms with Crippen LogP contribution < -0.4 is 14.8 Å². The van der Waals surface area contributed by atoms with E-state index in [1.165, 1.54) is 31.6 Å². The van der Waals surface area contributed by atoms with E-state index in [0.29, 0.717) is 21.4 Å². The summed E-state index contributed by atoms with van der Waals surface area (Å²) in [7, 11) is 2.90. The van der Waals surface area contributed by atoms with Crippen molar-refractivity contribution >= 4 is 50.7 Å². The number of hydrogen-bond acceptors (Lipinski definition) is 7. The topological polar surface area (TPSA) is 90.9 Å². The fourth-order valence-corrected chi connectivity index (χ4v) is 4.13. The quantitative estimate of drug-likeness (QED) is 0.418. The number of thiophene rings is 1. The highest BCUT2D eigenvalue weighted by Crippen LogP contribution is 2.34. The second kappa shape index (κ2) is 9.60. The number of fused-ring (bicyclic) bond motifs is 1. The van der Waals surface area contributed by atoms with Crippen LogP contribution in [0.15, 0.2) is 42.5 Å². The molecule has 0 aliphatic heterocycles. The zero-order chi connectivity index (χ0) is 21.7. The first kappa shape index (κ1) is 21.6. The van der Waals surface area contributed by atoms with Crippen molar-refractivity contribution in [2.24, 2.45) is 0 Å². The van der Waals surface area contributed by atoms with E-state index in [2.05, 4.69) is 5.32 Å². The first-order valence-corrected chi connectivity index (χ1v) is 10.00. The minimum atomic E-state index is -0.754. The lowest BCUT2D eigenvalue weighted by Crippen LogP contribution is -2.31. The van der Waals surface area contributed by atoms with E-state index in [1.807, 2.05) is 24.3 Å². The van der Waals surface area contributed by atoms with Crippen LogP contribution in [0.25, 0.3) is 10.1 Å². The number of ether oxygens (including phenoxy) is 3. The monoisotopic (exact) mass is 447 g/mol. The highest BCUT2D eigenvalue weighted by Gasteiger charge is 2.19. The molecule has 1 amide bonds. The van der Waals surface area contributed by atoms with Crippen LogP contribution in [-0.2, 0) is 9.53 Å². The maximum Gasteiger partial charge on any atom is 0.325 e. The third kappa shape index (κ3) is 4.72. The Balaban J connectivity index is 1.56. The van der Waals surface area contributed by atoms with Gasteiger partial charge in [0.2, 0.25) is 5.78 Å². The standard InChI is InChI=1S/C21H18ClNO6S/c1-27-12-7-8-16(28-2)14(9-12)15(24)11-29-18(25)10-23-21(26)20-19(22)13-5-3-4-6-17(13)30-20/h3-9H,10-11H2,1-2H3,(H,23,26). The van der Waals surface area contributed by atoms with E-state index in [0.717, 1.165) is 10.1 Å². The molecule has 0 spiro atoms. The summed E-state index contributed by atoms with van der Waals surface area (Å²) in [5.41, 5.74) is 0.228. The molecule has 0 aliphatic rings. The first-order chi connectivity index (χ1) is 14.4. The summed E-state index contributed by atoms with van der Waals surface area (Å²) >= 11 is 7.49. The predicted octanol–water partition coefficient (Wildman–Crippen LogP) is 3.73. The van der Waals surface area contributed by atoms with Gasteiger partial charge in [0.1, 0.15) is 22.9 Å². The van der Waals surface area contributed by atoms with Gasteiger partial charge in [-0.15, -0.1) is 11.3 Å². The lowest BCUT2D eigenvalue weighted by molar-refractivity contribution is -0.141. The second-order valence-corrected chi connectivity index (χ2v) is 7.50. The van der Waals surface area contributed by atoms with Crippen molar-refractivity contribution in [1.29, 1.82) is 0 Å². The van der Waals surface area contributed by atoms with E-state index in [-0.39, 0.29) is 5.56 Å². The van der Waals surface area contributed by atoms with E-state index in [9.17, 15) is 14.4 Å². The Morgan fingerprint density at radius 1 is 1.07 bits per heavy atom. The third-order valence-electron chi connectivity index (χ3n) is 4.21. The molecule has 9 heteroatoms. The highest BCUT2D eigenvalue weighted by molar-refractivity contribution is 7.21. The summed E-state index contributed by atoms with van der Waals surface area (Å²) in [4.78, 5) is 37.0. The maximum absolute atomic E-state index is 12.4. The van der Waals surface area contributed by atoms with Crippen molar-refractivity contribution in [1.82, 2.24) is 5.32 Å². The second-order valence-electron chi connectivity index (χ2n) is 6.07. The molecule has 3 aromatic rings. The number of carbonyl (C=O) groups is 3. The van der Waals surface area contributed by atoms with Crippen molar-refractivity contribution in [3.63, 3.8) is 0 Å². The van der Waals surface area contributed by atoms with Gasteiger partial charge < -0.3 is 19.5 Å². The summed E-state index contributed by atoms with van der Waals surface area (Å²) < 4.78 is 16.1. The molecule has 0 saturated carbocycles. The number of hydrogen-bond donors (Lipinski definition) is 1. The van der Waals surface area contributed by atoms with Crippen LogP contribution in [0.1, 0.15) is 20.0 Å². The Hall–Kier alpha value is -3.10. The molecule has 0 unspecified atom stereocenters. The van der Waals surface area contributed by atoms with Crippen molar-refractivity contribution < 1.29 is 28.6 Å². The van der Waals surface area contributed by atoms with Crippen LogP contribution in [0.2, 0.25) is 5.02 Å². The number of Topliss-reactive ketones (excluding diaryl/α,β-unsaturated/α-hetero) is 1. The molecule has 0 radical (unpaired) electrons. The van der Waals surface area contributed by atoms with E-state index in [4.69, 9.17) is 25.8 Å². The van der Waals surface area contributed by atoms with Gasteiger partial charge in [0, 0.05) is 10.1 Å². The summed E-state index contributed by atoms with van der Waals surface area (Å²) in [6.45, 7) is -0.895. The molecule has 0 aliphatic carbocycles. The molecule has 1 heterocycles. The minimum Gasteiger partial charge on any atom is -0.497 e. The minimum absolute atomic E-state index is 0.228. The Labute approximate surface area is 181 Å². The van der Waals surface area contributed by atoms with Gasteiger partial charge in [-0.1, -0.05) is 29.8 Å². The zero-order valence-electron chi connectivity index (χ0n) is 16.2. The molecule has 7 nitrogen and oxygen atoms in total. The summed E-state index contributed by atoms with van der Waals surface area (Å²) in [6, 6.07) is 12.1. The van der Waals surface area contributed by atoms with Crippen LogP contribution in [0.5, 0.6) is 11.5 Å². The van der Waals surface area contributed by atoms with Crippen LogP contribution >= 0.6 is 22.9 Å². The first-order valence-electron chi connectivity index (χ1n) is 8.80. The van der Waals surface area contributed by atoms with E-state index >= 15 is 0 Å². The smallest absolute Gasteiger partial charge is 0.325 e. The van der Waals surface area contributed by atoms with Gasteiger partial charge in [0.25, 0.3) is 5.91 Å². The summed E-state index contributed by atoms with van der Waals surface area (Å²) in [6.07, 6.45) is 0. The van der Waals surface area contributed by atoms with E-state index in [1.54, 1.807) is 12.1 Å². The zero-order valence-corrected chi connectivity index (χ0v) is 17.8. The molecular formula is C21H18ClNO6S. The van der Waals surface area contributed by atoms with Crippen LogP contribution in [0, 0.1) is 0 Å². The number of carbonyl (C=O) groups excluding carboxylic acids is 3. The number of halogens is 1. The molecule has 30 heavy (non-hydrogen) atoms. The maximum atomic E-state index is 12.4. The Morgan fingerprint density at radius 2 is 1.83 bits per heavy atom. The Morgan fingerprint density at radius 3 is 2.53 bits per heavy atom. The Bertz CT molecular complexity index is 1110.